The quantitative estimate of drug-likeness (QED) is 0.737. The second kappa shape index (κ2) is 9.27. The molecule has 1 fully saturated rings. The lowest BCUT2D eigenvalue weighted by atomic mass is 10.2. The molecule has 2 rings (SSSR count). The van der Waals surface area contributed by atoms with E-state index in [0.717, 1.165) is 18.8 Å². The van der Waals surface area contributed by atoms with Gasteiger partial charge in [-0.2, -0.15) is 0 Å². The molecular weight excluding hydrogens is 306 g/mol. The molecular formula is C18H27N3O3. The topological polar surface area (TPSA) is 61.9 Å². The molecule has 0 bridgehead atoms. The Labute approximate surface area is 143 Å². The molecule has 24 heavy (non-hydrogen) atoms. The van der Waals surface area contributed by atoms with Gasteiger partial charge in [-0.05, 0) is 37.1 Å². The van der Waals surface area contributed by atoms with Crippen LogP contribution in [0.25, 0.3) is 0 Å². The number of nitrogens with one attached hydrogen (secondary N) is 1. The van der Waals surface area contributed by atoms with Crippen LogP contribution in [0.1, 0.15) is 26.2 Å². The largest absolute Gasteiger partial charge is 0.383 e. The average molecular weight is 333 g/mol. The predicted octanol–water partition coefficient (Wildman–Crippen LogP) is 1.79. The van der Waals surface area contributed by atoms with Gasteiger partial charge in [-0.15, -0.1) is 0 Å². The molecule has 1 saturated heterocycles. The van der Waals surface area contributed by atoms with Gasteiger partial charge in [-0.25, -0.2) is 0 Å². The number of amides is 2. The summed E-state index contributed by atoms with van der Waals surface area (Å²) in [6.07, 6.45) is 2.75. The highest BCUT2D eigenvalue weighted by molar-refractivity contribution is 5.92. The molecule has 0 aliphatic carbocycles. The van der Waals surface area contributed by atoms with Crippen LogP contribution in [-0.2, 0) is 14.3 Å². The number of hydrogen-bond donors (Lipinski definition) is 1. The second-order valence-electron chi connectivity index (χ2n) is 5.97. The molecule has 6 heteroatoms. The lowest BCUT2D eigenvalue weighted by molar-refractivity contribution is -0.121. The number of benzene rings is 1. The smallest absolute Gasteiger partial charge is 0.223 e. The van der Waals surface area contributed by atoms with Crippen molar-refractivity contribution in [2.24, 2.45) is 0 Å². The molecule has 6 nitrogen and oxygen atoms in total. The highest BCUT2D eigenvalue weighted by atomic mass is 16.5. The molecule has 1 aromatic carbocycles. The minimum atomic E-state index is -0.0769. The molecule has 0 spiro atoms. The maximum absolute atomic E-state index is 11.9. The van der Waals surface area contributed by atoms with Crippen LogP contribution >= 0.6 is 0 Å². The maximum Gasteiger partial charge on any atom is 0.223 e. The second-order valence-corrected chi connectivity index (χ2v) is 5.97. The molecule has 1 aliphatic heterocycles. The van der Waals surface area contributed by atoms with Gasteiger partial charge in [-0.3, -0.25) is 9.59 Å². The molecule has 0 atom stereocenters. The minimum absolute atomic E-state index is 0.0615. The zero-order valence-corrected chi connectivity index (χ0v) is 14.6. The van der Waals surface area contributed by atoms with E-state index in [1.165, 1.54) is 25.5 Å². The van der Waals surface area contributed by atoms with Crippen LogP contribution in [0, 0.1) is 0 Å². The molecule has 1 aliphatic rings. The summed E-state index contributed by atoms with van der Waals surface area (Å²) in [4.78, 5) is 27.7. The van der Waals surface area contributed by atoms with E-state index in [-0.39, 0.29) is 18.2 Å². The third-order valence-electron chi connectivity index (χ3n) is 4.20. The first kappa shape index (κ1) is 18.3. The van der Waals surface area contributed by atoms with E-state index in [1.807, 2.05) is 12.1 Å². The van der Waals surface area contributed by atoms with Gasteiger partial charge in [0.15, 0.2) is 0 Å². The summed E-state index contributed by atoms with van der Waals surface area (Å²) in [7, 11) is 1.59. The first-order valence-electron chi connectivity index (χ1n) is 8.50. The van der Waals surface area contributed by atoms with Crippen LogP contribution in [-0.4, -0.2) is 51.7 Å². The first-order chi connectivity index (χ1) is 11.6. The first-order valence-corrected chi connectivity index (χ1v) is 8.50. The Hall–Kier alpha value is -2.08. The summed E-state index contributed by atoms with van der Waals surface area (Å²) in [6.45, 7) is 5.06. The molecule has 2 amide bonds. The predicted molar refractivity (Wildman–Crippen MR) is 95.4 cm³/mol. The van der Waals surface area contributed by atoms with E-state index in [1.54, 1.807) is 12.0 Å². The number of hydrogen-bond acceptors (Lipinski definition) is 4. The maximum atomic E-state index is 11.9. The van der Waals surface area contributed by atoms with Gasteiger partial charge >= 0.3 is 0 Å². The standard InChI is InChI=1S/C18H27N3O3/c1-15(22)21(13-9-18(23)19-10-14-24-2)17-7-5-16(6-8-17)20-11-3-4-12-20/h5-8H,3-4,9-14H2,1-2H3,(H,19,23). The highest BCUT2D eigenvalue weighted by Gasteiger charge is 2.15. The van der Waals surface area contributed by atoms with Gasteiger partial charge in [0.05, 0.1) is 6.61 Å². The van der Waals surface area contributed by atoms with Gasteiger partial charge in [0.25, 0.3) is 0 Å². The number of carbonyl (C=O) groups excluding carboxylic acids is 2. The normalized spacial score (nSPS) is 13.8. The Bertz CT molecular complexity index is 539. The van der Waals surface area contributed by atoms with Crippen LogP contribution in [0.15, 0.2) is 24.3 Å². The molecule has 0 saturated carbocycles. The Morgan fingerprint density at radius 1 is 1.21 bits per heavy atom. The van der Waals surface area contributed by atoms with Gasteiger partial charge < -0.3 is 19.9 Å². The minimum Gasteiger partial charge on any atom is -0.383 e. The van der Waals surface area contributed by atoms with Crippen LogP contribution < -0.4 is 15.1 Å². The van der Waals surface area contributed by atoms with Crippen molar-refractivity contribution < 1.29 is 14.3 Å². The van der Waals surface area contributed by atoms with Crippen molar-refractivity contribution in [1.29, 1.82) is 0 Å². The fourth-order valence-electron chi connectivity index (χ4n) is 2.88. The van der Waals surface area contributed by atoms with Crippen LogP contribution in [0.4, 0.5) is 11.4 Å². The molecule has 0 unspecified atom stereocenters. The fourth-order valence-corrected chi connectivity index (χ4v) is 2.88. The van der Waals surface area contributed by atoms with Crippen LogP contribution in [0.5, 0.6) is 0 Å². The summed E-state index contributed by atoms with van der Waals surface area (Å²) in [5.41, 5.74) is 2.02. The highest BCUT2D eigenvalue weighted by Crippen LogP contribution is 2.24. The number of methoxy groups -OCH3 is 1. The summed E-state index contributed by atoms with van der Waals surface area (Å²) in [5, 5.41) is 2.77. The number of anilines is 2. The fraction of sp³-hybridized carbons (Fsp3) is 0.556. The molecule has 1 aromatic rings. The Morgan fingerprint density at radius 3 is 2.46 bits per heavy atom. The average Bonchev–Trinajstić information content (AvgIpc) is 3.10. The van der Waals surface area contributed by atoms with Crippen molar-refractivity contribution in [3.05, 3.63) is 24.3 Å². The van der Waals surface area contributed by atoms with Gasteiger partial charge in [0, 0.05) is 58.0 Å². The van der Waals surface area contributed by atoms with Crippen LogP contribution in [0.2, 0.25) is 0 Å². The van der Waals surface area contributed by atoms with Crippen molar-refractivity contribution in [3.63, 3.8) is 0 Å². The van der Waals surface area contributed by atoms with E-state index < -0.39 is 0 Å². The zero-order valence-electron chi connectivity index (χ0n) is 14.6. The SMILES string of the molecule is COCCNC(=O)CCN(C(C)=O)c1ccc(N2CCCC2)cc1. The van der Waals surface area contributed by atoms with E-state index in [0.29, 0.717) is 19.7 Å². The third kappa shape index (κ3) is 5.23. The summed E-state index contributed by atoms with van der Waals surface area (Å²) in [5.74, 6) is -0.138. The lowest BCUT2D eigenvalue weighted by Crippen LogP contribution is -2.34. The molecule has 0 aromatic heterocycles. The summed E-state index contributed by atoms with van der Waals surface area (Å²) >= 11 is 0. The van der Waals surface area contributed by atoms with Gasteiger partial charge in [0.1, 0.15) is 0 Å². The van der Waals surface area contributed by atoms with Gasteiger partial charge in [0.2, 0.25) is 11.8 Å². The Morgan fingerprint density at radius 2 is 1.88 bits per heavy atom. The summed E-state index contributed by atoms with van der Waals surface area (Å²) < 4.78 is 4.90. The number of nitrogens with zero attached hydrogens (tertiary/aromatic N) is 2. The monoisotopic (exact) mass is 333 g/mol. The van der Waals surface area contributed by atoms with E-state index in [4.69, 9.17) is 4.74 Å². The van der Waals surface area contributed by atoms with Crippen LogP contribution in [0.3, 0.4) is 0 Å². The van der Waals surface area contributed by atoms with Crippen molar-refractivity contribution in [2.75, 3.05) is 49.7 Å². The molecule has 1 N–H and O–H groups in total. The van der Waals surface area contributed by atoms with Crippen molar-refractivity contribution >= 4 is 23.2 Å². The third-order valence-corrected chi connectivity index (χ3v) is 4.20. The van der Waals surface area contributed by atoms with E-state index in [9.17, 15) is 9.59 Å². The lowest BCUT2D eigenvalue weighted by Gasteiger charge is -2.23. The Balaban J connectivity index is 1.92. The number of ether oxygens (including phenoxy) is 1. The van der Waals surface area contributed by atoms with Crippen molar-refractivity contribution in [3.8, 4) is 0 Å². The zero-order chi connectivity index (χ0) is 17.4. The molecule has 132 valence electrons. The summed E-state index contributed by atoms with van der Waals surface area (Å²) in [6, 6.07) is 8.01. The molecule has 0 radical (unpaired) electrons. The van der Waals surface area contributed by atoms with Crippen molar-refractivity contribution in [2.45, 2.75) is 26.2 Å². The van der Waals surface area contributed by atoms with Gasteiger partial charge in [-0.1, -0.05) is 0 Å². The number of rotatable bonds is 8. The molecule has 1 heterocycles. The Kier molecular flexibility index (Phi) is 7.06. The van der Waals surface area contributed by atoms with E-state index in [2.05, 4.69) is 22.3 Å². The van der Waals surface area contributed by atoms with E-state index >= 15 is 0 Å². The van der Waals surface area contributed by atoms with Crippen molar-refractivity contribution in [1.82, 2.24) is 5.32 Å². The number of carbonyl (C=O) groups is 2.